The molecule has 0 amide bonds. The number of hydrogen-bond donors (Lipinski definition) is 0. The quantitative estimate of drug-likeness (QED) is 0.789. The van der Waals surface area contributed by atoms with Gasteiger partial charge in [0, 0.05) is 24.3 Å². The summed E-state index contributed by atoms with van der Waals surface area (Å²) in [6, 6.07) is 1.93. The predicted octanol–water partition coefficient (Wildman–Crippen LogP) is 1.54. The van der Waals surface area contributed by atoms with Crippen LogP contribution in [0.15, 0.2) is 6.07 Å². The molecule has 0 aliphatic heterocycles. The van der Waals surface area contributed by atoms with Crippen molar-refractivity contribution in [2.45, 2.75) is 39.5 Å². The van der Waals surface area contributed by atoms with Gasteiger partial charge in [0.2, 0.25) is 0 Å². The molecule has 3 rings (SSSR count). The maximum absolute atomic E-state index is 10.8. The molecule has 0 bridgehead atoms. The Morgan fingerprint density at radius 2 is 2.15 bits per heavy atom. The third kappa shape index (κ3) is 2.21. The molecular formula is C14H17N5O. The van der Waals surface area contributed by atoms with Gasteiger partial charge in [-0.3, -0.25) is 0 Å². The summed E-state index contributed by atoms with van der Waals surface area (Å²) in [5.41, 5.74) is 0.941. The van der Waals surface area contributed by atoms with E-state index in [1.807, 2.05) is 26.8 Å². The van der Waals surface area contributed by atoms with E-state index >= 15 is 0 Å². The molecule has 0 spiro atoms. The Morgan fingerprint density at radius 3 is 2.70 bits per heavy atom. The van der Waals surface area contributed by atoms with Crippen molar-refractivity contribution in [2.24, 2.45) is 5.92 Å². The largest absolute Gasteiger partial charge is 0.303 e. The monoisotopic (exact) mass is 271 g/mol. The zero-order valence-corrected chi connectivity index (χ0v) is 11.9. The van der Waals surface area contributed by atoms with Crippen LogP contribution in [0.2, 0.25) is 0 Å². The van der Waals surface area contributed by atoms with Crippen LogP contribution in [0, 0.1) is 19.8 Å². The summed E-state index contributed by atoms with van der Waals surface area (Å²) in [5.74, 6) is 3.39. The molecular weight excluding hydrogens is 254 g/mol. The number of aldehydes is 1. The summed E-state index contributed by atoms with van der Waals surface area (Å²) in [6.07, 6.45) is 2.66. The Bertz CT molecular complexity index is 664. The van der Waals surface area contributed by atoms with Crippen molar-refractivity contribution in [1.29, 1.82) is 0 Å². The highest BCUT2D eigenvalue weighted by Crippen LogP contribution is 2.45. The van der Waals surface area contributed by atoms with Crippen LogP contribution in [0.4, 0.5) is 0 Å². The van der Waals surface area contributed by atoms with E-state index in [4.69, 9.17) is 0 Å². The van der Waals surface area contributed by atoms with Gasteiger partial charge in [0.05, 0.1) is 5.69 Å². The Kier molecular flexibility index (Phi) is 3.08. The molecule has 0 aromatic carbocycles. The maximum Gasteiger partial charge on any atom is 0.159 e. The highest BCUT2D eigenvalue weighted by atomic mass is 16.1. The van der Waals surface area contributed by atoms with E-state index in [1.54, 1.807) is 4.68 Å². The zero-order chi connectivity index (χ0) is 14.3. The molecule has 0 radical (unpaired) electrons. The van der Waals surface area contributed by atoms with E-state index in [-0.39, 0.29) is 11.8 Å². The fourth-order valence-corrected chi connectivity index (χ4v) is 2.40. The first-order chi connectivity index (χ1) is 9.62. The fraction of sp³-hybridized carbons (Fsp3) is 0.500. The molecule has 6 nitrogen and oxygen atoms in total. The minimum absolute atomic E-state index is 0.112. The van der Waals surface area contributed by atoms with Gasteiger partial charge < -0.3 is 4.79 Å². The normalized spacial score (nSPS) is 20.9. The van der Waals surface area contributed by atoms with E-state index in [0.29, 0.717) is 0 Å². The average molecular weight is 271 g/mol. The van der Waals surface area contributed by atoms with Gasteiger partial charge in [-0.25, -0.2) is 15.0 Å². The van der Waals surface area contributed by atoms with Crippen LogP contribution in [-0.4, -0.2) is 31.0 Å². The number of carbonyl (C=O) groups excluding carboxylic acids is 1. The Morgan fingerprint density at radius 1 is 1.35 bits per heavy atom. The van der Waals surface area contributed by atoms with Crippen molar-refractivity contribution in [1.82, 2.24) is 24.7 Å². The van der Waals surface area contributed by atoms with E-state index in [9.17, 15) is 4.79 Å². The molecule has 2 heterocycles. The lowest BCUT2D eigenvalue weighted by atomic mass is 10.2. The third-order valence-electron chi connectivity index (χ3n) is 3.58. The summed E-state index contributed by atoms with van der Waals surface area (Å²) in [4.78, 5) is 24.2. The number of hydrogen-bond acceptors (Lipinski definition) is 5. The van der Waals surface area contributed by atoms with E-state index in [2.05, 4.69) is 20.1 Å². The van der Waals surface area contributed by atoms with Crippen molar-refractivity contribution in [2.75, 3.05) is 0 Å². The molecule has 0 N–H and O–H groups in total. The summed E-state index contributed by atoms with van der Waals surface area (Å²) >= 11 is 0. The lowest BCUT2D eigenvalue weighted by Crippen LogP contribution is -2.08. The Balaban J connectivity index is 2.04. The van der Waals surface area contributed by atoms with Crippen LogP contribution < -0.4 is 0 Å². The summed E-state index contributed by atoms with van der Waals surface area (Å²) < 4.78 is 1.73. The summed E-state index contributed by atoms with van der Waals surface area (Å²) in [7, 11) is 0. The van der Waals surface area contributed by atoms with Crippen molar-refractivity contribution < 1.29 is 4.79 Å². The third-order valence-corrected chi connectivity index (χ3v) is 3.58. The van der Waals surface area contributed by atoms with E-state index in [0.717, 1.165) is 48.1 Å². The molecule has 1 unspecified atom stereocenters. The molecule has 1 fully saturated rings. The SMILES string of the molecule is CCc1nc([C@H]2CC2C=O)cc(-n2nc(C)nc2C)n1. The van der Waals surface area contributed by atoms with Gasteiger partial charge in [-0.1, -0.05) is 6.92 Å². The summed E-state index contributed by atoms with van der Waals surface area (Å²) in [6.45, 7) is 5.78. The fourth-order valence-electron chi connectivity index (χ4n) is 2.40. The highest BCUT2D eigenvalue weighted by molar-refractivity contribution is 5.61. The first-order valence-electron chi connectivity index (χ1n) is 6.86. The van der Waals surface area contributed by atoms with Crippen molar-refractivity contribution in [3.8, 4) is 5.82 Å². The lowest BCUT2D eigenvalue weighted by molar-refractivity contribution is -0.108. The van der Waals surface area contributed by atoms with Crippen LogP contribution in [0.5, 0.6) is 0 Å². The van der Waals surface area contributed by atoms with Gasteiger partial charge in [0.15, 0.2) is 5.82 Å². The van der Waals surface area contributed by atoms with Crippen LogP contribution in [0.1, 0.15) is 42.4 Å². The maximum atomic E-state index is 10.8. The Hall–Kier alpha value is -2.11. The smallest absolute Gasteiger partial charge is 0.159 e. The number of aromatic nitrogens is 5. The van der Waals surface area contributed by atoms with Gasteiger partial charge >= 0.3 is 0 Å². The molecule has 1 aliphatic rings. The minimum atomic E-state index is 0.112. The number of rotatable bonds is 4. The van der Waals surface area contributed by atoms with Crippen LogP contribution in [-0.2, 0) is 11.2 Å². The second-order valence-corrected chi connectivity index (χ2v) is 5.18. The number of nitrogens with zero attached hydrogens (tertiary/aromatic N) is 5. The summed E-state index contributed by atoms with van der Waals surface area (Å²) in [5, 5.41) is 4.36. The zero-order valence-electron chi connectivity index (χ0n) is 11.9. The molecule has 6 heteroatoms. The van der Waals surface area contributed by atoms with Gasteiger partial charge in [-0.2, -0.15) is 4.68 Å². The first kappa shape index (κ1) is 12.9. The molecule has 1 saturated carbocycles. The lowest BCUT2D eigenvalue weighted by Gasteiger charge is -2.07. The van der Waals surface area contributed by atoms with E-state index < -0.39 is 0 Å². The standard InChI is InChI=1S/C14H17N5O/c1-4-13-16-12(11-5-10(11)7-20)6-14(17-13)19-9(3)15-8(2)18-19/h6-7,10-11H,4-5H2,1-3H3/t10?,11-/m0/s1. The second kappa shape index (κ2) is 4.77. The van der Waals surface area contributed by atoms with Crippen LogP contribution in [0.3, 0.4) is 0 Å². The number of carbonyl (C=O) groups is 1. The average Bonchev–Trinajstić information content (AvgIpc) is 3.16. The van der Waals surface area contributed by atoms with Crippen molar-refractivity contribution >= 4 is 6.29 Å². The van der Waals surface area contributed by atoms with Crippen molar-refractivity contribution in [3.05, 3.63) is 29.2 Å². The number of aryl methyl sites for hydroxylation is 3. The molecule has 20 heavy (non-hydrogen) atoms. The second-order valence-electron chi connectivity index (χ2n) is 5.18. The van der Waals surface area contributed by atoms with Crippen LogP contribution in [0.25, 0.3) is 5.82 Å². The molecule has 1 aliphatic carbocycles. The molecule has 104 valence electrons. The molecule has 0 saturated heterocycles. The Labute approximate surface area is 117 Å². The van der Waals surface area contributed by atoms with E-state index in [1.165, 1.54) is 0 Å². The highest BCUT2D eigenvalue weighted by Gasteiger charge is 2.39. The van der Waals surface area contributed by atoms with Gasteiger partial charge in [-0.15, -0.1) is 5.10 Å². The van der Waals surface area contributed by atoms with Crippen molar-refractivity contribution in [3.63, 3.8) is 0 Å². The molecule has 2 aromatic heterocycles. The van der Waals surface area contributed by atoms with Gasteiger partial charge in [0.1, 0.15) is 23.8 Å². The topological polar surface area (TPSA) is 73.6 Å². The molecule has 2 aromatic rings. The van der Waals surface area contributed by atoms with Gasteiger partial charge in [0.25, 0.3) is 0 Å². The minimum Gasteiger partial charge on any atom is -0.303 e. The van der Waals surface area contributed by atoms with Crippen LogP contribution >= 0.6 is 0 Å². The predicted molar refractivity (Wildman–Crippen MR) is 72.7 cm³/mol. The first-order valence-corrected chi connectivity index (χ1v) is 6.86. The molecule has 2 atom stereocenters. The van der Waals surface area contributed by atoms with Gasteiger partial charge in [-0.05, 0) is 20.3 Å².